The van der Waals surface area contributed by atoms with Gasteiger partial charge in [-0.25, -0.2) is 0 Å². The summed E-state index contributed by atoms with van der Waals surface area (Å²) in [7, 11) is 0. The van der Waals surface area contributed by atoms with Gasteiger partial charge in [0.05, 0.1) is 24.4 Å². The Balaban J connectivity index is 2.05. The van der Waals surface area contributed by atoms with Crippen LogP contribution in [0.5, 0.6) is 0 Å². The topological polar surface area (TPSA) is 61.7 Å². The lowest BCUT2D eigenvalue weighted by Gasteiger charge is -2.25. The second-order valence-electron chi connectivity index (χ2n) is 6.13. The van der Waals surface area contributed by atoms with Crippen LogP contribution in [0.1, 0.15) is 58.8 Å². The Morgan fingerprint density at radius 1 is 1.32 bits per heavy atom. The van der Waals surface area contributed by atoms with Crippen LogP contribution in [0.4, 0.5) is 0 Å². The van der Waals surface area contributed by atoms with E-state index in [-0.39, 0.29) is 0 Å². The highest BCUT2D eigenvalue weighted by molar-refractivity contribution is 4.75. The molecule has 114 valence electrons. The Kier molecular flexibility index (Phi) is 7.91. The summed E-state index contributed by atoms with van der Waals surface area (Å²) in [5.41, 5.74) is -0.682. The second kappa shape index (κ2) is 8.90. The summed E-state index contributed by atoms with van der Waals surface area (Å²) in [5.74, 6) is 0. The average Bonchev–Trinajstić information content (AvgIpc) is 2.37. The van der Waals surface area contributed by atoms with Crippen molar-refractivity contribution in [2.75, 3.05) is 19.7 Å². The molecule has 0 aromatic carbocycles. The maximum atomic E-state index is 9.99. The maximum absolute atomic E-state index is 9.99. The van der Waals surface area contributed by atoms with E-state index in [1.165, 1.54) is 19.3 Å². The Bertz CT molecular complexity index is 227. The Morgan fingerprint density at radius 3 is 2.63 bits per heavy atom. The predicted octanol–water partition coefficient (Wildman–Crippen LogP) is 1.84. The normalized spacial score (nSPS) is 22.1. The molecule has 19 heavy (non-hydrogen) atoms. The monoisotopic (exact) mass is 273 g/mol. The molecule has 1 aliphatic carbocycles. The van der Waals surface area contributed by atoms with Crippen molar-refractivity contribution in [3.8, 4) is 0 Å². The summed E-state index contributed by atoms with van der Waals surface area (Å²) in [4.78, 5) is 0. The first-order chi connectivity index (χ1) is 9.03. The van der Waals surface area contributed by atoms with Gasteiger partial charge in [0.15, 0.2) is 0 Å². The number of nitrogens with one attached hydrogen (secondary N) is 1. The molecule has 0 aliphatic heterocycles. The smallest absolute Gasteiger partial charge is 0.0897 e. The fourth-order valence-corrected chi connectivity index (χ4v) is 2.67. The van der Waals surface area contributed by atoms with Gasteiger partial charge in [0.1, 0.15) is 0 Å². The average molecular weight is 273 g/mol. The zero-order valence-corrected chi connectivity index (χ0v) is 12.5. The lowest BCUT2D eigenvalue weighted by molar-refractivity contribution is -0.0252. The van der Waals surface area contributed by atoms with E-state index in [0.717, 1.165) is 25.7 Å². The number of hydrogen-bond acceptors (Lipinski definition) is 4. The van der Waals surface area contributed by atoms with E-state index in [1.807, 2.05) is 6.92 Å². The minimum atomic E-state index is -0.682. The third kappa shape index (κ3) is 7.88. The molecule has 0 amide bonds. The van der Waals surface area contributed by atoms with Crippen molar-refractivity contribution in [2.45, 2.75) is 76.6 Å². The van der Waals surface area contributed by atoms with E-state index in [2.05, 4.69) is 12.2 Å². The summed E-state index contributed by atoms with van der Waals surface area (Å²) >= 11 is 0. The van der Waals surface area contributed by atoms with Gasteiger partial charge in [-0.05, 0) is 26.2 Å². The summed E-state index contributed by atoms with van der Waals surface area (Å²) < 4.78 is 5.72. The van der Waals surface area contributed by atoms with Gasteiger partial charge in [-0.15, -0.1) is 0 Å². The Morgan fingerprint density at radius 2 is 2.00 bits per heavy atom. The molecule has 2 atom stereocenters. The van der Waals surface area contributed by atoms with Gasteiger partial charge in [0.25, 0.3) is 0 Å². The van der Waals surface area contributed by atoms with Crippen LogP contribution < -0.4 is 5.32 Å². The summed E-state index contributed by atoms with van der Waals surface area (Å²) in [6, 6.07) is 0. The van der Waals surface area contributed by atoms with Crippen LogP contribution in [0.3, 0.4) is 0 Å². The molecule has 0 aromatic heterocycles. The van der Waals surface area contributed by atoms with Gasteiger partial charge in [-0.3, -0.25) is 0 Å². The standard InChI is InChI=1S/C15H31NO3/c1-3-9-15(2,18)12-16-10-13(17)11-19-14-7-5-4-6-8-14/h13-14,16-18H,3-12H2,1-2H3. The molecule has 1 aliphatic rings. The molecule has 0 heterocycles. The number of rotatable bonds is 9. The molecule has 0 aromatic rings. The third-order valence-corrected chi connectivity index (χ3v) is 3.75. The third-order valence-electron chi connectivity index (χ3n) is 3.75. The first kappa shape index (κ1) is 16.9. The number of ether oxygens (including phenoxy) is 1. The van der Waals surface area contributed by atoms with Gasteiger partial charge in [0, 0.05) is 13.1 Å². The lowest BCUT2D eigenvalue weighted by Crippen LogP contribution is -2.41. The zero-order valence-electron chi connectivity index (χ0n) is 12.5. The molecule has 0 saturated heterocycles. The van der Waals surface area contributed by atoms with Crippen LogP contribution in [0.2, 0.25) is 0 Å². The van der Waals surface area contributed by atoms with E-state index < -0.39 is 11.7 Å². The van der Waals surface area contributed by atoms with Gasteiger partial charge >= 0.3 is 0 Å². The molecule has 0 spiro atoms. The quantitative estimate of drug-likeness (QED) is 0.600. The molecule has 4 heteroatoms. The Labute approximate surface area is 117 Å². The highest BCUT2D eigenvalue weighted by atomic mass is 16.5. The molecule has 1 fully saturated rings. The van der Waals surface area contributed by atoms with Crippen molar-refractivity contribution >= 4 is 0 Å². The van der Waals surface area contributed by atoms with Gasteiger partial charge < -0.3 is 20.3 Å². The second-order valence-corrected chi connectivity index (χ2v) is 6.13. The van der Waals surface area contributed by atoms with E-state index in [4.69, 9.17) is 4.74 Å². The maximum Gasteiger partial charge on any atom is 0.0897 e. The SMILES string of the molecule is CCCC(C)(O)CNCC(O)COC1CCCCC1. The fourth-order valence-electron chi connectivity index (χ4n) is 2.67. The van der Waals surface area contributed by atoms with Crippen LogP contribution in [-0.2, 0) is 4.74 Å². The van der Waals surface area contributed by atoms with Crippen LogP contribution in [-0.4, -0.2) is 47.7 Å². The van der Waals surface area contributed by atoms with E-state index >= 15 is 0 Å². The summed E-state index contributed by atoms with van der Waals surface area (Å²) in [6.07, 6.45) is 7.66. The molecule has 2 unspecified atom stereocenters. The summed E-state index contributed by atoms with van der Waals surface area (Å²) in [5, 5.41) is 22.9. The van der Waals surface area contributed by atoms with Crippen LogP contribution >= 0.6 is 0 Å². The molecule has 3 N–H and O–H groups in total. The van der Waals surface area contributed by atoms with Gasteiger partial charge in [-0.2, -0.15) is 0 Å². The number of hydrogen-bond donors (Lipinski definition) is 3. The van der Waals surface area contributed by atoms with E-state index in [1.54, 1.807) is 0 Å². The van der Waals surface area contributed by atoms with E-state index in [0.29, 0.717) is 25.8 Å². The van der Waals surface area contributed by atoms with E-state index in [9.17, 15) is 10.2 Å². The summed E-state index contributed by atoms with van der Waals surface area (Å²) in [6.45, 7) is 5.28. The minimum Gasteiger partial charge on any atom is -0.389 e. The van der Waals surface area contributed by atoms with Gasteiger partial charge in [-0.1, -0.05) is 32.6 Å². The first-order valence-electron chi connectivity index (χ1n) is 7.76. The van der Waals surface area contributed by atoms with Crippen molar-refractivity contribution in [3.63, 3.8) is 0 Å². The minimum absolute atomic E-state index is 0.339. The molecule has 4 nitrogen and oxygen atoms in total. The Hall–Kier alpha value is -0.160. The van der Waals surface area contributed by atoms with Crippen molar-refractivity contribution < 1.29 is 14.9 Å². The molecular weight excluding hydrogens is 242 g/mol. The number of aliphatic hydroxyl groups is 2. The molecule has 0 bridgehead atoms. The van der Waals surface area contributed by atoms with Gasteiger partial charge in [0.2, 0.25) is 0 Å². The zero-order chi connectivity index (χ0) is 14.1. The van der Waals surface area contributed by atoms with Crippen LogP contribution in [0.25, 0.3) is 0 Å². The highest BCUT2D eigenvalue weighted by Crippen LogP contribution is 2.20. The van der Waals surface area contributed by atoms with Crippen molar-refractivity contribution in [1.82, 2.24) is 5.32 Å². The van der Waals surface area contributed by atoms with Crippen LogP contribution in [0.15, 0.2) is 0 Å². The number of aliphatic hydroxyl groups excluding tert-OH is 1. The molecule has 1 rings (SSSR count). The first-order valence-corrected chi connectivity index (χ1v) is 7.76. The molecular formula is C15H31NO3. The molecule has 1 saturated carbocycles. The van der Waals surface area contributed by atoms with Crippen molar-refractivity contribution in [1.29, 1.82) is 0 Å². The van der Waals surface area contributed by atoms with Crippen molar-refractivity contribution in [2.24, 2.45) is 0 Å². The van der Waals surface area contributed by atoms with Crippen molar-refractivity contribution in [3.05, 3.63) is 0 Å². The largest absolute Gasteiger partial charge is 0.389 e. The highest BCUT2D eigenvalue weighted by Gasteiger charge is 2.19. The van der Waals surface area contributed by atoms with Crippen LogP contribution in [0, 0.1) is 0 Å². The molecule has 0 radical (unpaired) electrons. The lowest BCUT2D eigenvalue weighted by atomic mass is 9.98. The fraction of sp³-hybridized carbons (Fsp3) is 1.00. The predicted molar refractivity (Wildman–Crippen MR) is 77.2 cm³/mol.